The molecule has 2 bridgehead atoms. The largest absolute Gasteiger partial charge is 0.393 e. The highest BCUT2D eigenvalue weighted by atomic mass is 32.1. The quantitative estimate of drug-likeness (QED) is 0.910. The second-order valence-corrected chi connectivity index (χ2v) is 7.32. The lowest BCUT2D eigenvalue weighted by Crippen LogP contribution is -2.44. The third kappa shape index (κ3) is 3.27. The molecule has 1 aromatic rings. The van der Waals surface area contributed by atoms with Crippen LogP contribution in [-0.2, 0) is 17.8 Å². The van der Waals surface area contributed by atoms with E-state index in [0.29, 0.717) is 18.5 Å². The Morgan fingerprint density at radius 2 is 2.10 bits per heavy atom. The fourth-order valence-electron chi connectivity index (χ4n) is 3.48. The lowest BCUT2D eigenvalue weighted by molar-refractivity contribution is -0.127. The van der Waals surface area contributed by atoms with Gasteiger partial charge in [0.05, 0.1) is 18.2 Å². The van der Waals surface area contributed by atoms with Crippen molar-refractivity contribution in [1.29, 1.82) is 0 Å². The number of rotatable bonds is 4. The van der Waals surface area contributed by atoms with E-state index < -0.39 is 0 Å². The zero-order valence-electron chi connectivity index (χ0n) is 12.7. The molecule has 116 valence electrons. The van der Waals surface area contributed by atoms with Crippen LogP contribution in [-0.4, -0.2) is 58.1 Å². The Kier molecular flexibility index (Phi) is 4.28. The first-order valence-corrected chi connectivity index (χ1v) is 8.48. The second kappa shape index (κ2) is 6.02. The Morgan fingerprint density at radius 3 is 2.71 bits per heavy atom. The van der Waals surface area contributed by atoms with Crippen LogP contribution in [0.5, 0.6) is 0 Å². The molecule has 5 nitrogen and oxygen atoms in total. The number of aromatic nitrogens is 1. The molecule has 0 spiro atoms. The zero-order valence-corrected chi connectivity index (χ0v) is 13.5. The highest BCUT2D eigenvalue weighted by molar-refractivity contribution is 7.09. The summed E-state index contributed by atoms with van der Waals surface area (Å²) in [5.41, 5.74) is 1.06. The third-order valence-corrected chi connectivity index (χ3v) is 5.50. The van der Waals surface area contributed by atoms with E-state index in [1.807, 2.05) is 0 Å². The molecule has 0 saturated carbocycles. The summed E-state index contributed by atoms with van der Waals surface area (Å²) < 4.78 is 0. The molecule has 6 heteroatoms. The van der Waals surface area contributed by atoms with Crippen LogP contribution in [0, 0.1) is 0 Å². The van der Waals surface area contributed by atoms with Gasteiger partial charge in [-0.05, 0) is 25.7 Å². The highest BCUT2D eigenvalue weighted by Gasteiger charge is 2.40. The molecule has 2 atom stereocenters. The molecule has 1 aromatic heterocycles. The van der Waals surface area contributed by atoms with E-state index in [9.17, 15) is 9.90 Å². The maximum atomic E-state index is 11.7. The van der Waals surface area contributed by atoms with Crippen molar-refractivity contribution in [2.45, 2.75) is 56.8 Å². The zero-order chi connectivity index (χ0) is 15.0. The van der Waals surface area contributed by atoms with Crippen molar-refractivity contribution in [3.8, 4) is 0 Å². The number of nitrogens with zero attached hydrogens (tertiary/aromatic N) is 3. The van der Waals surface area contributed by atoms with Crippen molar-refractivity contribution in [2.24, 2.45) is 0 Å². The SMILES string of the molecule is CN(C)C(=O)Cc1nc(CN2C3CCC2CC(O)C3)cs1. The first kappa shape index (κ1) is 14.9. The van der Waals surface area contributed by atoms with Crippen LogP contribution in [0.15, 0.2) is 5.38 Å². The summed E-state index contributed by atoms with van der Waals surface area (Å²) in [5, 5.41) is 12.8. The minimum absolute atomic E-state index is 0.0945. The summed E-state index contributed by atoms with van der Waals surface area (Å²) in [5.74, 6) is 0.0945. The third-order valence-electron chi connectivity index (χ3n) is 4.60. The highest BCUT2D eigenvalue weighted by Crippen LogP contribution is 2.36. The predicted octanol–water partition coefficient (Wildman–Crippen LogP) is 1.26. The first-order valence-electron chi connectivity index (χ1n) is 7.60. The van der Waals surface area contributed by atoms with Gasteiger partial charge < -0.3 is 10.0 Å². The van der Waals surface area contributed by atoms with Crippen LogP contribution >= 0.6 is 11.3 Å². The average Bonchev–Trinajstić information content (AvgIpc) is 2.94. The molecule has 3 rings (SSSR count). The number of likely N-dealkylation sites (N-methyl/N-ethyl adjacent to an activating group) is 1. The number of aliphatic hydroxyl groups is 1. The fourth-order valence-corrected chi connectivity index (χ4v) is 4.26. The Morgan fingerprint density at radius 1 is 1.43 bits per heavy atom. The number of aliphatic hydroxyl groups excluding tert-OH is 1. The number of fused-ring (bicyclic) bond motifs is 2. The Balaban J connectivity index is 1.61. The molecule has 2 aliphatic heterocycles. The van der Waals surface area contributed by atoms with Crippen molar-refractivity contribution in [3.05, 3.63) is 16.1 Å². The molecule has 21 heavy (non-hydrogen) atoms. The van der Waals surface area contributed by atoms with Crippen LogP contribution in [0.4, 0.5) is 0 Å². The molecule has 1 N–H and O–H groups in total. The van der Waals surface area contributed by atoms with Crippen molar-refractivity contribution >= 4 is 17.2 Å². The van der Waals surface area contributed by atoms with E-state index in [4.69, 9.17) is 0 Å². The lowest BCUT2D eigenvalue weighted by atomic mass is 10.00. The van der Waals surface area contributed by atoms with Gasteiger partial charge in [-0.15, -0.1) is 11.3 Å². The fraction of sp³-hybridized carbons (Fsp3) is 0.733. The average molecular weight is 309 g/mol. The predicted molar refractivity (Wildman–Crippen MR) is 82.1 cm³/mol. The Labute approximate surface area is 129 Å². The lowest BCUT2D eigenvalue weighted by Gasteiger charge is -2.36. The normalized spacial score (nSPS) is 28.8. The van der Waals surface area contributed by atoms with Crippen LogP contribution < -0.4 is 0 Å². The summed E-state index contributed by atoms with van der Waals surface area (Å²) in [7, 11) is 3.54. The number of carbonyl (C=O) groups excluding carboxylic acids is 1. The van der Waals surface area contributed by atoms with Gasteiger partial charge in [0.15, 0.2) is 0 Å². The maximum absolute atomic E-state index is 11.7. The van der Waals surface area contributed by atoms with E-state index in [2.05, 4.69) is 15.3 Å². The van der Waals surface area contributed by atoms with Gasteiger partial charge in [0.2, 0.25) is 5.91 Å². The molecule has 2 fully saturated rings. The second-order valence-electron chi connectivity index (χ2n) is 6.38. The van der Waals surface area contributed by atoms with Gasteiger partial charge in [0, 0.05) is 38.1 Å². The molecule has 0 radical (unpaired) electrons. The number of thiazole rings is 1. The van der Waals surface area contributed by atoms with Crippen molar-refractivity contribution in [3.63, 3.8) is 0 Å². The number of amides is 1. The van der Waals surface area contributed by atoms with E-state index in [0.717, 1.165) is 30.1 Å². The molecule has 2 unspecified atom stereocenters. The Bertz CT molecular complexity index is 503. The number of hydrogen-bond acceptors (Lipinski definition) is 5. The minimum Gasteiger partial charge on any atom is -0.393 e. The number of carbonyl (C=O) groups is 1. The van der Waals surface area contributed by atoms with E-state index in [-0.39, 0.29) is 12.0 Å². The molecular weight excluding hydrogens is 286 g/mol. The van der Waals surface area contributed by atoms with Gasteiger partial charge in [-0.2, -0.15) is 0 Å². The minimum atomic E-state index is -0.123. The summed E-state index contributed by atoms with van der Waals surface area (Å²) in [4.78, 5) is 20.4. The van der Waals surface area contributed by atoms with Gasteiger partial charge >= 0.3 is 0 Å². The van der Waals surface area contributed by atoms with Crippen molar-refractivity contribution < 1.29 is 9.90 Å². The standard InChI is InChI=1S/C15H23N3O2S/c1-17(2)15(20)7-14-16-10(9-21-14)8-18-11-3-4-12(18)6-13(19)5-11/h9,11-13,19H,3-8H2,1-2H3. The van der Waals surface area contributed by atoms with Crippen LogP contribution in [0.1, 0.15) is 36.4 Å². The molecule has 2 aliphatic rings. The van der Waals surface area contributed by atoms with Crippen LogP contribution in [0.3, 0.4) is 0 Å². The topological polar surface area (TPSA) is 56.7 Å². The number of hydrogen-bond donors (Lipinski definition) is 1. The molecule has 2 saturated heterocycles. The van der Waals surface area contributed by atoms with E-state index in [1.54, 1.807) is 30.3 Å². The molecule has 0 aliphatic carbocycles. The summed E-state index contributed by atoms with van der Waals surface area (Å²) in [6.45, 7) is 0.856. The molecule has 1 amide bonds. The molecule has 3 heterocycles. The van der Waals surface area contributed by atoms with Gasteiger partial charge in [-0.1, -0.05) is 0 Å². The van der Waals surface area contributed by atoms with Crippen LogP contribution in [0.2, 0.25) is 0 Å². The van der Waals surface area contributed by atoms with E-state index in [1.165, 1.54) is 12.8 Å². The van der Waals surface area contributed by atoms with Crippen molar-refractivity contribution in [2.75, 3.05) is 14.1 Å². The van der Waals surface area contributed by atoms with E-state index >= 15 is 0 Å². The Hall–Kier alpha value is -0.980. The first-order chi connectivity index (χ1) is 10.0. The van der Waals surface area contributed by atoms with Gasteiger partial charge in [0.1, 0.15) is 5.01 Å². The molecule has 0 aromatic carbocycles. The summed E-state index contributed by atoms with van der Waals surface area (Å²) >= 11 is 1.57. The monoisotopic (exact) mass is 309 g/mol. The van der Waals surface area contributed by atoms with Gasteiger partial charge in [0.25, 0.3) is 0 Å². The summed E-state index contributed by atoms with van der Waals surface area (Å²) in [6.07, 6.45) is 4.44. The van der Waals surface area contributed by atoms with Crippen molar-refractivity contribution in [1.82, 2.24) is 14.8 Å². The summed E-state index contributed by atoms with van der Waals surface area (Å²) in [6, 6.07) is 1.01. The smallest absolute Gasteiger partial charge is 0.228 e. The van der Waals surface area contributed by atoms with Gasteiger partial charge in [-0.3, -0.25) is 9.69 Å². The van der Waals surface area contributed by atoms with Crippen LogP contribution in [0.25, 0.3) is 0 Å². The number of piperidine rings is 1. The molecular formula is C15H23N3O2S. The van der Waals surface area contributed by atoms with Gasteiger partial charge in [-0.25, -0.2) is 4.98 Å². The maximum Gasteiger partial charge on any atom is 0.228 e.